The van der Waals surface area contributed by atoms with E-state index < -0.39 is 0 Å². The molecule has 1 saturated heterocycles. The molecule has 1 aliphatic rings. The van der Waals surface area contributed by atoms with Crippen LogP contribution >= 0.6 is 0 Å². The van der Waals surface area contributed by atoms with Crippen molar-refractivity contribution in [1.29, 1.82) is 0 Å². The van der Waals surface area contributed by atoms with E-state index in [-0.39, 0.29) is 11.8 Å². The van der Waals surface area contributed by atoms with E-state index in [1.54, 1.807) is 0 Å². The highest BCUT2D eigenvalue weighted by atomic mass is 16.2. The topological polar surface area (TPSA) is 40.6 Å². The zero-order valence-electron chi connectivity index (χ0n) is 14.8. The minimum absolute atomic E-state index is 0.102. The first-order chi connectivity index (χ1) is 10.9. The second kappa shape index (κ2) is 7.62. The van der Waals surface area contributed by atoms with Crippen molar-refractivity contribution in [2.24, 2.45) is 0 Å². The lowest BCUT2D eigenvalue weighted by molar-refractivity contribution is -0.131. The summed E-state index contributed by atoms with van der Waals surface area (Å²) in [7, 11) is 0. The molecule has 4 nitrogen and oxygen atoms in total. The first-order valence-corrected chi connectivity index (χ1v) is 8.59. The molecule has 1 fully saturated rings. The van der Waals surface area contributed by atoms with E-state index in [4.69, 9.17) is 0 Å². The van der Waals surface area contributed by atoms with Gasteiger partial charge in [0.2, 0.25) is 5.91 Å². The minimum Gasteiger partial charge on any atom is -0.341 e. The van der Waals surface area contributed by atoms with Gasteiger partial charge in [0.1, 0.15) is 0 Å². The standard InChI is InChI=1S/C19H28N2O2/c1-5-7-17(22)20-8-6-9-21(11-10-20)19(23)18-15(3)12-14(2)13-16(18)4/h12-13H,5-11H2,1-4H3. The first-order valence-electron chi connectivity index (χ1n) is 8.59. The summed E-state index contributed by atoms with van der Waals surface area (Å²) in [5.74, 6) is 0.314. The second-order valence-corrected chi connectivity index (χ2v) is 6.55. The van der Waals surface area contributed by atoms with Crippen molar-refractivity contribution in [2.45, 2.75) is 47.0 Å². The highest BCUT2D eigenvalue weighted by Crippen LogP contribution is 2.19. The van der Waals surface area contributed by atoms with Crippen molar-refractivity contribution in [3.05, 3.63) is 34.4 Å². The minimum atomic E-state index is 0.102. The summed E-state index contributed by atoms with van der Waals surface area (Å²) in [4.78, 5) is 28.8. The molecule has 126 valence electrons. The van der Waals surface area contributed by atoms with E-state index in [9.17, 15) is 9.59 Å². The summed E-state index contributed by atoms with van der Waals surface area (Å²) in [6.45, 7) is 10.8. The number of hydrogen-bond donors (Lipinski definition) is 0. The van der Waals surface area contributed by atoms with Crippen molar-refractivity contribution in [2.75, 3.05) is 26.2 Å². The third-order valence-corrected chi connectivity index (χ3v) is 4.49. The quantitative estimate of drug-likeness (QED) is 0.860. The zero-order valence-corrected chi connectivity index (χ0v) is 14.8. The van der Waals surface area contributed by atoms with Gasteiger partial charge in [0.05, 0.1) is 0 Å². The normalized spacial score (nSPS) is 15.5. The molecule has 0 saturated carbocycles. The Hall–Kier alpha value is -1.84. The van der Waals surface area contributed by atoms with Gasteiger partial charge in [-0.2, -0.15) is 0 Å². The van der Waals surface area contributed by atoms with Crippen molar-refractivity contribution in [3.8, 4) is 0 Å². The second-order valence-electron chi connectivity index (χ2n) is 6.55. The SMILES string of the molecule is CCCC(=O)N1CCCN(C(=O)c2c(C)cc(C)cc2C)CC1. The van der Waals surface area contributed by atoms with Crippen LogP contribution in [0.1, 0.15) is 53.2 Å². The molecule has 0 spiro atoms. The summed E-state index contributed by atoms with van der Waals surface area (Å²) in [5, 5.41) is 0. The van der Waals surface area contributed by atoms with Gasteiger partial charge in [0.15, 0.2) is 0 Å². The molecule has 0 aromatic heterocycles. The molecular weight excluding hydrogens is 288 g/mol. The number of carbonyl (C=O) groups is 2. The fraction of sp³-hybridized carbons (Fsp3) is 0.579. The monoisotopic (exact) mass is 316 g/mol. The number of hydrogen-bond acceptors (Lipinski definition) is 2. The zero-order chi connectivity index (χ0) is 17.0. The Bertz CT molecular complexity index is 572. The Labute approximate surface area is 139 Å². The van der Waals surface area contributed by atoms with E-state index >= 15 is 0 Å². The van der Waals surface area contributed by atoms with Crippen LogP contribution in [0, 0.1) is 20.8 Å². The van der Waals surface area contributed by atoms with Gasteiger partial charge < -0.3 is 9.80 Å². The molecule has 4 heteroatoms. The van der Waals surface area contributed by atoms with Gasteiger partial charge in [-0.1, -0.05) is 24.6 Å². The van der Waals surface area contributed by atoms with Crippen molar-refractivity contribution in [1.82, 2.24) is 9.80 Å². The van der Waals surface area contributed by atoms with Crippen LogP contribution in [-0.2, 0) is 4.79 Å². The predicted molar refractivity (Wildman–Crippen MR) is 92.7 cm³/mol. The summed E-state index contributed by atoms with van der Waals surface area (Å²) >= 11 is 0. The number of nitrogens with zero attached hydrogens (tertiary/aromatic N) is 2. The molecule has 1 aliphatic heterocycles. The van der Waals surface area contributed by atoms with Gasteiger partial charge in [-0.3, -0.25) is 9.59 Å². The molecule has 2 rings (SSSR count). The number of amides is 2. The third kappa shape index (κ3) is 4.12. The summed E-state index contributed by atoms with van der Waals surface area (Å²) in [6.07, 6.45) is 2.33. The molecular formula is C19H28N2O2. The lowest BCUT2D eigenvalue weighted by Gasteiger charge is -2.23. The first kappa shape index (κ1) is 17.5. The summed E-state index contributed by atoms with van der Waals surface area (Å²) < 4.78 is 0. The van der Waals surface area contributed by atoms with E-state index in [2.05, 4.69) is 19.1 Å². The maximum absolute atomic E-state index is 12.9. The van der Waals surface area contributed by atoms with Gasteiger partial charge in [-0.15, -0.1) is 0 Å². The molecule has 0 radical (unpaired) electrons. The molecule has 1 heterocycles. The van der Waals surface area contributed by atoms with Gasteiger partial charge in [0.25, 0.3) is 5.91 Å². The van der Waals surface area contributed by atoms with Crippen molar-refractivity contribution in [3.63, 3.8) is 0 Å². The number of aryl methyl sites for hydroxylation is 3. The van der Waals surface area contributed by atoms with Crippen LogP contribution in [0.25, 0.3) is 0 Å². The molecule has 0 N–H and O–H groups in total. The summed E-state index contributed by atoms with van der Waals surface area (Å²) in [5.41, 5.74) is 4.08. The Morgan fingerprint density at radius 2 is 1.52 bits per heavy atom. The Kier molecular flexibility index (Phi) is 5.80. The van der Waals surface area contributed by atoms with Crippen LogP contribution < -0.4 is 0 Å². The molecule has 1 aromatic carbocycles. The average Bonchev–Trinajstić information content (AvgIpc) is 2.72. The van der Waals surface area contributed by atoms with Crippen molar-refractivity contribution < 1.29 is 9.59 Å². The molecule has 23 heavy (non-hydrogen) atoms. The fourth-order valence-electron chi connectivity index (χ4n) is 3.42. The van der Waals surface area contributed by atoms with Crippen LogP contribution in [0.4, 0.5) is 0 Å². The predicted octanol–water partition coefficient (Wildman–Crippen LogP) is 3.09. The highest BCUT2D eigenvalue weighted by Gasteiger charge is 2.24. The van der Waals surface area contributed by atoms with Crippen LogP contribution in [0.2, 0.25) is 0 Å². The molecule has 0 aliphatic carbocycles. The summed E-state index contributed by atoms with van der Waals surface area (Å²) in [6, 6.07) is 4.13. The highest BCUT2D eigenvalue weighted by molar-refractivity contribution is 5.97. The fourth-order valence-corrected chi connectivity index (χ4v) is 3.42. The third-order valence-electron chi connectivity index (χ3n) is 4.49. The van der Waals surface area contributed by atoms with Gasteiger partial charge in [-0.25, -0.2) is 0 Å². The largest absolute Gasteiger partial charge is 0.341 e. The van der Waals surface area contributed by atoms with E-state index in [0.717, 1.165) is 42.6 Å². The maximum atomic E-state index is 12.9. The van der Waals surface area contributed by atoms with Crippen LogP contribution in [0.5, 0.6) is 0 Å². The Balaban J connectivity index is 2.11. The number of carbonyl (C=O) groups excluding carboxylic acids is 2. The van der Waals surface area contributed by atoms with Gasteiger partial charge in [-0.05, 0) is 44.7 Å². The molecule has 2 amide bonds. The lowest BCUT2D eigenvalue weighted by Crippen LogP contribution is -2.37. The van der Waals surface area contributed by atoms with Gasteiger partial charge in [0, 0.05) is 38.2 Å². The van der Waals surface area contributed by atoms with E-state index in [1.807, 2.05) is 30.6 Å². The van der Waals surface area contributed by atoms with E-state index in [1.165, 1.54) is 5.56 Å². The molecule has 0 atom stereocenters. The van der Waals surface area contributed by atoms with E-state index in [0.29, 0.717) is 19.5 Å². The number of rotatable bonds is 3. The number of benzene rings is 1. The van der Waals surface area contributed by atoms with Crippen LogP contribution in [0.3, 0.4) is 0 Å². The average molecular weight is 316 g/mol. The molecule has 0 bridgehead atoms. The van der Waals surface area contributed by atoms with Crippen molar-refractivity contribution >= 4 is 11.8 Å². The maximum Gasteiger partial charge on any atom is 0.254 e. The smallest absolute Gasteiger partial charge is 0.254 e. The molecule has 1 aromatic rings. The van der Waals surface area contributed by atoms with Crippen LogP contribution in [-0.4, -0.2) is 47.8 Å². The lowest BCUT2D eigenvalue weighted by atomic mass is 9.98. The van der Waals surface area contributed by atoms with Gasteiger partial charge >= 0.3 is 0 Å². The Morgan fingerprint density at radius 1 is 0.957 bits per heavy atom. The Morgan fingerprint density at radius 3 is 2.13 bits per heavy atom. The van der Waals surface area contributed by atoms with Crippen LogP contribution in [0.15, 0.2) is 12.1 Å². The molecule has 0 unspecified atom stereocenters.